The highest BCUT2D eigenvalue weighted by atomic mass is 16.5. The highest BCUT2D eigenvalue weighted by molar-refractivity contribution is 5.41. The molecule has 2 nitrogen and oxygen atoms in total. The van der Waals surface area contributed by atoms with Gasteiger partial charge < -0.3 is 9.47 Å². The topological polar surface area (TPSA) is 18.5 Å². The molecule has 2 aliphatic heterocycles. The molecule has 1 aromatic rings. The maximum absolute atomic E-state index is 6.17. The lowest BCUT2D eigenvalue weighted by molar-refractivity contribution is 0.0442. The first-order chi connectivity index (χ1) is 9.53. The Bertz CT molecular complexity index is 472. The molecule has 0 saturated carbocycles. The Morgan fingerprint density at radius 2 is 1.95 bits per heavy atom. The molecule has 1 atom stereocenters. The summed E-state index contributed by atoms with van der Waals surface area (Å²) < 4.78 is 11.7. The van der Waals surface area contributed by atoms with Gasteiger partial charge in [0, 0.05) is 13.2 Å². The van der Waals surface area contributed by atoms with E-state index in [-0.39, 0.29) is 5.60 Å². The largest absolute Gasteiger partial charge is 0.488 e. The molecule has 0 aliphatic carbocycles. The molecule has 110 valence electrons. The summed E-state index contributed by atoms with van der Waals surface area (Å²) in [5, 5.41) is 0. The molecule has 20 heavy (non-hydrogen) atoms. The molecule has 2 heteroatoms. The summed E-state index contributed by atoms with van der Waals surface area (Å²) in [4.78, 5) is 0. The third-order valence-corrected chi connectivity index (χ3v) is 4.69. The molecule has 0 N–H and O–H groups in total. The second-order valence-corrected chi connectivity index (χ2v) is 7.10. The molecule has 0 amide bonds. The summed E-state index contributed by atoms with van der Waals surface area (Å²) in [5.74, 6) is 2.55. The van der Waals surface area contributed by atoms with E-state index in [9.17, 15) is 0 Å². The Kier molecular flexibility index (Phi) is 3.76. The van der Waals surface area contributed by atoms with E-state index in [1.54, 1.807) is 0 Å². The van der Waals surface area contributed by atoms with Crippen LogP contribution in [0.1, 0.15) is 56.6 Å². The van der Waals surface area contributed by atoms with E-state index < -0.39 is 0 Å². The van der Waals surface area contributed by atoms with Crippen LogP contribution >= 0.6 is 0 Å². The first kappa shape index (κ1) is 13.9. The molecule has 2 aliphatic rings. The Hall–Kier alpha value is -1.02. The van der Waals surface area contributed by atoms with Crippen LogP contribution in [0, 0.1) is 12.8 Å². The molecule has 1 aromatic carbocycles. The summed E-state index contributed by atoms with van der Waals surface area (Å²) in [5.41, 5.74) is 2.72. The SMILES string of the molecule is Cc1ccc2c(c1)C(CC1CCOCC1)CC(C)(C)O2. The first-order valence-electron chi connectivity index (χ1n) is 7.91. The van der Waals surface area contributed by atoms with E-state index in [4.69, 9.17) is 9.47 Å². The second-order valence-electron chi connectivity index (χ2n) is 7.10. The van der Waals surface area contributed by atoms with Gasteiger partial charge in [-0.1, -0.05) is 17.7 Å². The molecule has 0 aromatic heterocycles. The summed E-state index contributed by atoms with van der Waals surface area (Å²) in [7, 11) is 0. The van der Waals surface area contributed by atoms with Crippen LogP contribution in [0.15, 0.2) is 18.2 Å². The Balaban J connectivity index is 1.83. The zero-order valence-corrected chi connectivity index (χ0v) is 12.9. The predicted molar refractivity (Wildman–Crippen MR) is 81.4 cm³/mol. The molecule has 0 bridgehead atoms. The van der Waals surface area contributed by atoms with Gasteiger partial charge in [-0.2, -0.15) is 0 Å². The van der Waals surface area contributed by atoms with Gasteiger partial charge in [0.1, 0.15) is 11.4 Å². The standard InChI is InChI=1S/C18H26O2/c1-13-4-5-17-16(10-13)15(12-18(2,3)20-17)11-14-6-8-19-9-7-14/h4-5,10,14-15H,6-9,11-12H2,1-3H3. The van der Waals surface area contributed by atoms with Crippen molar-refractivity contribution in [3.8, 4) is 5.75 Å². The predicted octanol–water partition coefficient (Wildman–Crippen LogP) is 4.46. The van der Waals surface area contributed by atoms with Crippen molar-refractivity contribution in [1.29, 1.82) is 0 Å². The van der Waals surface area contributed by atoms with Crippen LogP contribution in [-0.2, 0) is 4.74 Å². The van der Waals surface area contributed by atoms with Gasteiger partial charge in [-0.15, -0.1) is 0 Å². The summed E-state index contributed by atoms with van der Waals surface area (Å²) >= 11 is 0. The maximum atomic E-state index is 6.17. The van der Waals surface area contributed by atoms with E-state index >= 15 is 0 Å². The number of hydrogen-bond donors (Lipinski definition) is 0. The van der Waals surface area contributed by atoms with Gasteiger partial charge >= 0.3 is 0 Å². The van der Waals surface area contributed by atoms with Gasteiger partial charge in [-0.3, -0.25) is 0 Å². The molecule has 0 spiro atoms. The normalized spacial score (nSPS) is 25.9. The molecule has 1 unspecified atom stereocenters. The third kappa shape index (κ3) is 3.01. The average Bonchev–Trinajstić information content (AvgIpc) is 2.40. The van der Waals surface area contributed by atoms with Crippen molar-refractivity contribution in [2.75, 3.05) is 13.2 Å². The summed E-state index contributed by atoms with van der Waals surface area (Å²) in [6.45, 7) is 8.49. The van der Waals surface area contributed by atoms with Gasteiger partial charge in [0.25, 0.3) is 0 Å². The minimum Gasteiger partial charge on any atom is -0.488 e. The molecular weight excluding hydrogens is 248 g/mol. The van der Waals surface area contributed by atoms with Crippen LogP contribution in [0.2, 0.25) is 0 Å². The minimum atomic E-state index is -0.0436. The smallest absolute Gasteiger partial charge is 0.123 e. The number of benzene rings is 1. The molecule has 3 rings (SSSR count). The number of ether oxygens (including phenoxy) is 2. The molecular formula is C18H26O2. The van der Waals surface area contributed by atoms with Gasteiger partial charge in [0.15, 0.2) is 0 Å². The van der Waals surface area contributed by atoms with E-state index in [2.05, 4.69) is 39.0 Å². The summed E-state index contributed by atoms with van der Waals surface area (Å²) in [6, 6.07) is 6.64. The lowest BCUT2D eigenvalue weighted by atomic mass is 9.77. The van der Waals surface area contributed by atoms with Gasteiger partial charge in [0.2, 0.25) is 0 Å². The van der Waals surface area contributed by atoms with E-state index in [0.717, 1.165) is 31.3 Å². The zero-order chi connectivity index (χ0) is 14.2. The minimum absolute atomic E-state index is 0.0436. The van der Waals surface area contributed by atoms with Crippen molar-refractivity contribution in [2.24, 2.45) is 5.92 Å². The van der Waals surface area contributed by atoms with Crippen molar-refractivity contribution in [3.63, 3.8) is 0 Å². The molecule has 2 heterocycles. The van der Waals surface area contributed by atoms with E-state index in [1.165, 1.54) is 30.4 Å². The van der Waals surface area contributed by atoms with Crippen molar-refractivity contribution < 1.29 is 9.47 Å². The zero-order valence-electron chi connectivity index (χ0n) is 12.9. The van der Waals surface area contributed by atoms with Crippen LogP contribution in [-0.4, -0.2) is 18.8 Å². The number of aryl methyl sites for hydroxylation is 1. The van der Waals surface area contributed by atoms with Gasteiger partial charge in [-0.05, 0) is 69.9 Å². The Morgan fingerprint density at radius 3 is 2.70 bits per heavy atom. The van der Waals surface area contributed by atoms with E-state index in [1.807, 2.05) is 0 Å². The summed E-state index contributed by atoms with van der Waals surface area (Å²) in [6.07, 6.45) is 4.85. The van der Waals surface area contributed by atoms with Crippen molar-refractivity contribution in [2.45, 2.75) is 58.0 Å². The van der Waals surface area contributed by atoms with Crippen LogP contribution in [0.5, 0.6) is 5.75 Å². The van der Waals surface area contributed by atoms with Gasteiger partial charge in [-0.25, -0.2) is 0 Å². The molecule has 1 fully saturated rings. The number of fused-ring (bicyclic) bond motifs is 1. The highest BCUT2D eigenvalue weighted by Gasteiger charge is 2.35. The fourth-order valence-corrected chi connectivity index (χ4v) is 3.72. The average molecular weight is 274 g/mol. The quantitative estimate of drug-likeness (QED) is 0.793. The second kappa shape index (κ2) is 5.40. The van der Waals surface area contributed by atoms with Crippen LogP contribution < -0.4 is 4.74 Å². The molecule has 1 saturated heterocycles. The Labute approximate surface area is 122 Å². The highest BCUT2D eigenvalue weighted by Crippen LogP contribution is 2.45. The van der Waals surface area contributed by atoms with E-state index in [0.29, 0.717) is 5.92 Å². The first-order valence-corrected chi connectivity index (χ1v) is 7.91. The lowest BCUT2D eigenvalue weighted by Crippen LogP contribution is -2.35. The van der Waals surface area contributed by atoms with Crippen LogP contribution in [0.4, 0.5) is 0 Å². The maximum Gasteiger partial charge on any atom is 0.123 e. The number of hydrogen-bond acceptors (Lipinski definition) is 2. The van der Waals surface area contributed by atoms with Crippen molar-refractivity contribution >= 4 is 0 Å². The van der Waals surface area contributed by atoms with Crippen LogP contribution in [0.25, 0.3) is 0 Å². The molecule has 0 radical (unpaired) electrons. The van der Waals surface area contributed by atoms with Crippen molar-refractivity contribution in [3.05, 3.63) is 29.3 Å². The van der Waals surface area contributed by atoms with Gasteiger partial charge in [0.05, 0.1) is 0 Å². The monoisotopic (exact) mass is 274 g/mol. The fraction of sp³-hybridized carbons (Fsp3) is 0.667. The number of rotatable bonds is 2. The van der Waals surface area contributed by atoms with Crippen LogP contribution in [0.3, 0.4) is 0 Å². The fourth-order valence-electron chi connectivity index (χ4n) is 3.72. The van der Waals surface area contributed by atoms with Crippen molar-refractivity contribution in [1.82, 2.24) is 0 Å². The third-order valence-electron chi connectivity index (χ3n) is 4.69. The Morgan fingerprint density at radius 1 is 1.20 bits per heavy atom. The lowest BCUT2D eigenvalue weighted by Gasteiger charge is -2.39.